The van der Waals surface area contributed by atoms with E-state index >= 15 is 0 Å². The van der Waals surface area contributed by atoms with Crippen molar-refractivity contribution in [3.63, 3.8) is 0 Å². The van der Waals surface area contributed by atoms with Crippen LogP contribution < -0.4 is 38.5 Å². The molecule has 48 heavy (non-hydrogen) atoms. The number of aromatic nitrogens is 2. The van der Waals surface area contributed by atoms with Gasteiger partial charge in [0.2, 0.25) is 22.8 Å². The summed E-state index contributed by atoms with van der Waals surface area (Å²) in [4.78, 5) is 0. The predicted octanol–water partition coefficient (Wildman–Crippen LogP) is 5.89. The fourth-order valence-electron chi connectivity index (χ4n) is 8.36. The molecule has 5 heterocycles. The Morgan fingerprint density at radius 2 is 0.542 bits per heavy atom. The van der Waals surface area contributed by atoms with Crippen molar-refractivity contribution >= 4 is 24.3 Å². The third-order valence-corrected chi connectivity index (χ3v) is 10.2. The minimum absolute atomic E-state index is 0.752. The molecule has 8 heteroatoms. The highest BCUT2D eigenvalue weighted by atomic mass is 16.6. The second-order valence-corrected chi connectivity index (χ2v) is 12.8. The third-order valence-electron chi connectivity index (χ3n) is 10.2. The van der Waals surface area contributed by atoms with Gasteiger partial charge in [0.25, 0.3) is 0 Å². The molecule has 0 amide bonds. The van der Waals surface area contributed by atoms with Crippen LogP contribution in [0.1, 0.15) is 0 Å². The van der Waals surface area contributed by atoms with Gasteiger partial charge in [0.15, 0.2) is 0 Å². The van der Waals surface area contributed by atoms with Crippen LogP contribution >= 0.6 is 0 Å². The minimum Gasteiger partial charge on any atom is -0.618 e. The fourth-order valence-corrected chi connectivity index (χ4v) is 8.36. The summed E-state index contributed by atoms with van der Waals surface area (Å²) in [5.41, 5.74) is 9.66. The molecule has 0 atom stereocenters. The van der Waals surface area contributed by atoms with E-state index in [9.17, 15) is 0 Å². The Labute approximate surface area is 277 Å². The van der Waals surface area contributed by atoms with Gasteiger partial charge in [0.1, 0.15) is 0 Å². The molecule has 0 saturated carbocycles. The molecule has 0 unspecified atom stereocenters. The Hall–Kier alpha value is -6.27. The molecule has 226 valence electrons. The van der Waals surface area contributed by atoms with Crippen molar-refractivity contribution in [3.8, 4) is 68.0 Å². The maximum atomic E-state index is 7.23. The van der Waals surface area contributed by atoms with Crippen molar-refractivity contribution in [1.29, 1.82) is 0 Å². The fraction of sp³-hybridized carbons (Fsp3) is 0. The van der Waals surface area contributed by atoms with E-state index in [0.717, 1.165) is 79.0 Å². The van der Waals surface area contributed by atoms with E-state index in [1.54, 1.807) is 0 Å². The molecule has 4 aliphatic rings. The van der Waals surface area contributed by atoms with Gasteiger partial charge in [-0.1, -0.05) is 109 Å². The summed E-state index contributed by atoms with van der Waals surface area (Å²) in [5, 5.41) is 0. The van der Waals surface area contributed by atoms with Gasteiger partial charge < -0.3 is 27.6 Å². The number of rotatable bonds is 2. The smallest absolute Gasteiger partial charge is 0.618 e. The van der Waals surface area contributed by atoms with Gasteiger partial charge in [-0.15, -0.1) is 0 Å². The van der Waals surface area contributed by atoms with Crippen LogP contribution in [-0.4, -0.2) is 13.4 Å². The minimum atomic E-state index is -2.34. The molecular weight excluding hydrogens is 594 g/mol. The Bertz CT molecular complexity index is 2190. The Kier molecular flexibility index (Phi) is 4.94. The molecule has 0 N–H and O–H groups in total. The van der Waals surface area contributed by atoms with E-state index in [-0.39, 0.29) is 0 Å². The van der Waals surface area contributed by atoms with E-state index in [2.05, 4.69) is 81.8 Å². The first-order valence-electron chi connectivity index (χ1n) is 16.4. The molecule has 0 bridgehead atoms. The van der Waals surface area contributed by atoms with Gasteiger partial charge >= 0.3 is 13.4 Å². The first kappa shape index (κ1) is 25.9. The van der Waals surface area contributed by atoms with Crippen molar-refractivity contribution in [2.75, 3.05) is 0 Å². The molecule has 0 radical (unpaired) electrons. The normalized spacial score (nSPS) is 15.7. The van der Waals surface area contributed by atoms with E-state index in [1.807, 2.05) is 84.9 Å². The van der Waals surface area contributed by atoms with Gasteiger partial charge in [-0.25, -0.2) is 0 Å². The van der Waals surface area contributed by atoms with Gasteiger partial charge in [-0.3, -0.25) is 0 Å². The van der Waals surface area contributed by atoms with E-state index < -0.39 is 13.4 Å². The van der Waals surface area contributed by atoms with Crippen LogP contribution in [0.4, 0.5) is 0 Å². The van der Waals surface area contributed by atoms with Crippen LogP contribution in [0.25, 0.3) is 45.0 Å². The van der Waals surface area contributed by atoms with Crippen LogP contribution in [0, 0.1) is 0 Å². The lowest BCUT2D eigenvalue weighted by Crippen LogP contribution is -2.87. The Morgan fingerprint density at radius 1 is 0.292 bits per heavy atom. The second kappa shape index (κ2) is 9.17. The number of fused-ring (bicyclic) bond motifs is 10. The highest BCUT2D eigenvalue weighted by Gasteiger charge is 2.65. The molecule has 0 spiro atoms. The monoisotopic (exact) mass is 620 g/mol. The summed E-state index contributed by atoms with van der Waals surface area (Å²) in [7, 11) is 0. The van der Waals surface area contributed by atoms with Crippen LogP contribution in [0.15, 0.2) is 158 Å². The SMILES string of the molecule is c1ccc([B-]23Oc4ccccc4-c4c5[n+]6c(c([n+]42)-c2ccccc2O3)-c2ccccc2O[B-]6(c2ccccc2)Oc2ccccc2-5)cc1. The second-order valence-electron chi connectivity index (χ2n) is 12.8. The number of nitrogens with zero attached hydrogens (tertiary/aromatic N) is 2. The summed E-state index contributed by atoms with van der Waals surface area (Å²) in [6.07, 6.45) is 0. The van der Waals surface area contributed by atoms with E-state index in [1.165, 1.54) is 0 Å². The number of hydrogen-bond donors (Lipinski definition) is 0. The lowest BCUT2D eigenvalue weighted by Gasteiger charge is -2.49. The highest BCUT2D eigenvalue weighted by Crippen LogP contribution is 2.51. The summed E-state index contributed by atoms with van der Waals surface area (Å²) < 4.78 is 33.6. The zero-order valence-corrected chi connectivity index (χ0v) is 25.7. The van der Waals surface area contributed by atoms with Gasteiger partial charge in [0.05, 0.1) is 45.3 Å². The number of hydrogen-bond acceptors (Lipinski definition) is 4. The quantitative estimate of drug-likeness (QED) is 0.227. The summed E-state index contributed by atoms with van der Waals surface area (Å²) in [6, 6.07) is 53.7. The number of para-hydroxylation sites is 4. The average molecular weight is 620 g/mol. The highest BCUT2D eigenvalue weighted by molar-refractivity contribution is 6.77. The van der Waals surface area contributed by atoms with Gasteiger partial charge in [0, 0.05) is 0 Å². The summed E-state index contributed by atoms with van der Waals surface area (Å²) in [5.74, 6) is 3.01. The Morgan fingerprint density at radius 3 is 0.833 bits per heavy atom. The van der Waals surface area contributed by atoms with Crippen molar-refractivity contribution < 1.29 is 27.6 Å². The molecule has 11 rings (SSSR count). The van der Waals surface area contributed by atoms with Gasteiger partial charge in [-0.2, -0.15) is 0 Å². The molecule has 6 aromatic carbocycles. The van der Waals surface area contributed by atoms with Crippen LogP contribution in [0.2, 0.25) is 0 Å². The lowest BCUT2D eigenvalue weighted by atomic mass is 9.57. The van der Waals surface area contributed by atoms with E-state index in [0.29, 0.717) is 0 Å². The maximum Gasteiger partial charge on any atom is 0.685 e. The van der Waals surface area contributed by atoms with E-state index in [4.69, 9.17) is 18.6 Å². The molecule has 0 aliphatic carbocycles. The topological polar surface area (TPSA) is 44.7 Å². The van der Waals surface area contributed by atoms with Crippen LogP contribution in [0.3, 0.4) is 0 Å². The van der Waals surface area contributed by atoms with Crippen LogP contribution in [0.5, 0.6) is 23.0 Å². The predicted molar refractivity (Wildman–Crippen MR) is 186 cm³/mol. The Balaban J connectivity index is 1.45. The molecule has 7 aromatic rings. The van der Waals surface area contributed by atoms with Crippen LogP contribution in [-0.2, 0) is 0 Å². The zero-order valence-electron chi connectivity index (χ0n) is 25.7. The first-order chi connectivity index (χ1) is 23.8. The maximum absolute atomic E-state index is 7.23. The summed E-state index contributed by atoms with van der Waals surface area (Å²) >= 11 is 0. The molecular formula is C40H26B2N2O4. The molecule has 4 aliphatic heterocycles. The third kappa shape index (κ3) is 3.14. The lowest BCUT2D eigenvalue weighted by molar-refractivity contribution is -0.600. The largest absolute Gasteiger partial charge is 0.685 e. The molecule has 1 aromatic heterocycles. The molecule has 0 saturated heterocycles. The molecule has 6 nitrogen and oxygen atoms in total. The number of benzene rings is 6. The van der Waals surface area contributed by atoms with Crippen molar-refractivity contribution in [1.82, 2.24) is 0 Å². The van der Waals surface area contributed by atoms with Crippen molar-refractivity contribution in [2.45, 2.75) is 0 Å². The zero-order chi connectivity index (χ0) is 31.5. The molecule has 0 fully saturated rings. The summed E-state index contributed by atoms with van der Waals surface area (Å²) in [6.45, 7) is -4.68. The average Bonchev–Trinajstić information content (AvgIpc) is 3.15. The van der Waals surface area contributed by atoms with Crippen molar-refractivity contribution in [2.24, 2.45) is 0 Å². The van der Waals surface area contributed by atoms with Crippen molar-refractivity contribution in [3.05, 3.63) is 158 Å². The van der Waals surface area contributed by atoms with Gasteiger partial charge in [-0.05, 0) is 59.5 Å². The standard InChI is InChI=1S/C40H26B2N2O4/c1-3-15-27(16-4-1)41-43-37(29-19-7-11-23-33(29)45-41)39-31-21-9-13-25-35(31)47-42(28-17-5-2-6-18-28)44(39)40(32-22-10-14-26-36(32)48-42)38(43)30-20-8-12-24-34(30)46-41/h1-26H. The first-order valence-corrected chi connectivity index (χ1v) is 16.4.